The topological polar surface area (TPSA) is 42.0 Å². The van der Waals surface area contributed by atoms with Crippen LogP contribution in [-0.2, 0) is 5.75 Å². The van der Waals surface area contributed by atoms with E-state index in [2.05, 4.69) is 22.4 Å². The Bertz CT molecular complexity index is 902. The molecule has 0 radical (unpaired) electrons. The summed E-state index contributed by atoms with van der Waals surface area (Å²) in [7, 11) is 0. The minimum atomic E-state index is -0.110. The van der Waals surface area contributed by atoms with Gasteiger partial charge in [-0.05, 0) is 25.1 Å². The van der Waals surface area contributed by atoms with Crippen LogP contribution in [0.2, 0.25) is 0 Å². The maximum atomic E-state index is 12.4. The Morgan fingerprint density at radius 3 is 2.91 bits per heavy atom. The molecule has 1 aromatic heterocycles. The average Bonchev–Trinajstić information content (AvgIpc) is 2.97. The van der Waals surface area contributed by atoms with Crippen LogP contribution in [0.1, 0.15) is 20.8 Å². The maximum Gasteiger partial charge on any atom is 0.257 e. The van der Waals surface area contributed by atoms with Crippen molar-refractivity contribution in [1.29, 1.82) is 0 Å². The minimum Gasteiger partial charge on any atom is -0.298 e. The van der Waals surface area contributed by atoms with Gasteiger partial charge in [0.1, 0.15) is 0 Å². The summed E-state index contributed by atoms with van der Waals surface area (Å²) < 4.78 is 0. The monoisotopic (exact) mass is 338 g/mol. The second-order valence-electron chi connectivity index (χ2n) is 5.40. The first-order valence-corrected chi connectivity index (χ1v) is 9.11. The Morgan fingerprint density at radius 2 is 2.04 bits per heavy atom. The number of nitrogens with one attached hydrogen (secondary N) is 1. The first-order chi connectivity index (χ1) is 11.2. The van der Waals surface area contributed by atoms with Crippen LogP contribution in [0, 0.1) is 6.92 Å². The van der Waals surface area contributed by atoms with Crippen LogP contribution in [0.4, 0.5) is 5.13 Å². The van der Waals surface area contributed by atoms with Crippen molar-refractivity contribution >= 4 is 34.1 Å². The molecule has 23 heavy (non-hydrogen) atoms. The van der Waals surface area contributed by atoms with Crippen molar-refractivity contribution in [2.75, 3.05) is 5.32 Å². The molecule has 3 nitrogen and oxygen atoms in total. The molecule has 0 spiro atoms. The van der Waals surface area contributed by atoms with Gasteiger partial charge in [0.05, 0.1) is 5.69 Å². The summed E-state index contributed by atoms with van der Waals surface area (Å²) in [5.74, 6) is 0.797. The molecule has 0 unspecified atom stereocenters. The number of hydrogen-bond acceptors (Lipinski definition) is 4. The highest BCUT2D eigenvalue weighted by Gasteiger charge is 2.21. The lowest BCUT2D eigenvalue weighted by Gasteiger charge is -2.13. The Labute approximate surface area is 142 Å². The van der Waals surface area contributed by atoms with Gasteiger partial charge in [0.2, 0.25) is 0 Å². The summed E-state index contributed by atoms with van der Waals surface area (Å²) in [5.41, 5.74) is 3.89. The SMILES string of the molecule is Cc1cccc(C(=O)Nc2nc3c(s2)CSc2ccccc2-3)c1. The van der Waals surface area contributed by atoms with Crippen molar-refractivity contribution in [1.82, 2.24) is 4.98 Å². The molecular weight excluding hydrogens is 324 g/mol. The van der Waals surface area contributed by atoms with Gasteiger partial charge in [-0.2, -0.15) is 0 Å². The number of thiazole rings is 1. The Hall–Kier alpha value is -2.11. The van der Waals surface area contributed by atoms with E-state index in [0.717, 1.165) is 22.6 Å². The summed E-state index contributed by atoms with van der Waals surface area (Å²) in [4.78, 5) is 19.5. The standard InChI is InChI=1S/C18H14N2OS2/c1-11-5-4-6-12(9-11)17(21)20-18-19-16-13-7-2-3-8-14(13)22-10-15(16)23-18/h2-9H,10H2,1H3,(H,19,20,21). The van der Waals surface area contributed by atoms with Crippen LogP contribution in [0.5, 0.6) is 0 Å². The lowest BCUT2D eigenvalue weighted by atomic mass is 10.1. The molecular formula is C18H14N2OS2. The molecule has 0 bridgehead atoms. The Morgan fingerprint density at radius 1 is 1.17 bits per heavy atom. The fourth-order valence-corrected chi connectivity index (χ4v) is 4.70. The first kappa shape index (κ1) is 14.5. The van der Waals surface area contributed by atoms with Gasteiger partial charge in [-0.1, -0.05) is 35.9 Å². The molecule has 0 saturated heterocycles. The molecule has 4 rings (SSSR count). The van der Waals surface area contributed by atoms with Crippen molar-refractivity contribution in [3.63, 3.8) is 0 Å². The summed E-state index contributed by atoms with van der Waals surface area (Å²) in [6, 6.07) is 15.9. The van der Waals surface area contributed by atoms with Crippen LogP contribution >= 0.6 is 23.1 Å². The Balaban J connectivity index is 1.63. The average molecular weight is 338 g/mol. The van der Waals surface area contributed by atoms with Gasteiger partial charge in [-0.15, -0.1) is 23.1 Å². The number of nitrogens with zero attached hydrogens (tertiary/aromatic N) is 1. The number of carbonyl (C=O) groups excluding carboxylic acids is 1. The van der Waals surface area contributed by atoms with E-state index in [1.165, 1.54) is 9.77 Å². The molecule has 1 aliphatic heterocycles. The third-order valence-electron chi connectivity index (χ3n) is 3.70. The number of hydrogen-bond donors (Lipinski definition) is 1. The third-order valence-corrected chi connectivity index (χ3v) is 5.95. The van der Waals surface area contributed by atoms with Crippen molar-refractivity contribution in [2.45, 2.75) is 17.6 Å². The first-order valence-electron chi connectivity index (χ1n) is 7.30. The molecule has 2 aromatic carbocycles. The molecule has 0 fully saturated rings. The summed E-state index contributed by atoms with van der Waals surface area (Å²) in [6.45, 7) is 1.98. The van der Waals surface area contributed by atoms with Gasteiger partial charge >= 0.3 is 0 Å². The lowest BCUT2D eigenvalue weighted by Crippen LogP contribution is -2.11. The van der Waals surface area contributed by atoms with Crippen LogP contribution < -0.4 is 5.32 Å². The zero-order valence-corrected chi connectivity index (χ0v) is 14.1. The summed E-state index contributed by atoms with van der Waals surface area (Å²) >= 11 is 3.38. The molecule has 0 aliphatic carbocycles. The van der Waals surface area contributed by atoms with E-state index in [0.29, 0.717) is 10.7 Å². The van der Waals surface area contributed by atoms with E-state index in [9.17, 15) is 4.79 Å². The summed E-state index contributed by atoms with van der Waals surface area (Å²) in [5, 5.41) is 3.60. The van der Waals surface area contributed by atoms with Gasteiger partial charge in [0.25, 0.3) is 5.91 Å². The number of aryl methyl sites for hydroxylation is 1. The van der Waals surface area contributed by atoms with E-state index in [4.69, 9.17) is 0 Å². The van der Waals surface area contributed by atoms with Crippen LogP contribution in [0.3, 0.4) is 0 Å². The fraction of sp³-hybridized carbons (Fsp3) is 0.111. The summed E-state index contributed by atoms with van der Waals surface area (Å²) in [6.07, 6.45) is 0. The number of benzene rings is 2. The molecule has 1 N–H and O–H groups in total. The smallest absolute Gasteiger partial charge is 0.257 e. The fourth-order valence-electron chi connectivity index (χ4n) is 2.60. The van der Waals surface area contributed by atoms with Gasteiger partial charge in [0.15, 0.2) is 5.13 Å². The number of rotatable bonds is 2. The zero-order chi connectivity index (χ0) is 15.8. The minimum absolute atomic E-state index is 0.110. The Kier molecular flexibility index (Phi) is 3.67. The molecule has 2 heterocycles. The van der Waals surface area contributed by atoms with Crippen LogP contribution in [0.25, 0.3) is 11.3 Å². The number of anilines is 1. The second-order valence-corrected chi connectivity index (χ2v) is 7.50. The third kappa shape index (κ3) is 2.78. The molecule has 1 aliphatic rings. The van der Waals surface area contributed by atoms with E-state index in [1.54, 1.807) is 11.3 Å². The number of aromatic nitrogens is 1. The molecule has 0 saturated carbocycles. The van der Waals surface area contributed by atoms with Gasteiger partial charge in [0, 0.05) is 26.7 Å². The highest BCUT2D eigenvalue weighted by atomic mass is 32.2. The van der Waals surface area contributed by atoms with Crippen molar-refractivity contribution < 1.29 is 4.79 Å². The van der Waals surface area contributed by atoms with Crippen molar-refractivity contribution in [3.8, 4) is 11.3 Å². The number of amides is 1. The largest absolute Gasteiger partial charge is 0.298 e. The van der Waals surface area contributed by atoms with Gasteiger partial charge < -0.3 is 0 Å². The number of carbonyl (C=O) groups is 1. The number of fused-ring (bicyclic) bond motifs is 3. The quantitative estimate of drug-likeness (QED) is 0.717. The van der Waals surface area contributed by atoms with Crippen molar-refractivity contribution in [3.05, 3.63) is 64.5 Å². The predicted octanol–water partition coefficient (Wildman–Crippen LogP) is 4.98. The highest BCUT2D eigenvalue weighted by molar-refractivity contribution is 7.98. The zero-order valence-electron chi connectivity index (χ0n) is 12.5. The van der Waals surface area contributed by atoms with E-state index in [-0.39, 0.29) is 5.91 Å². The van der Waals surface area contributed by atoms with Crippen LogP contribution in [0.15, 0.2) is 53.4 Å². The number of thioether (sulfide) groups is 1. The maximum absolute atomic E-state index is 12.4. The van der Waals surface area contributed by atoms with Crippen molar-refractivity contribution in [2.24, 2.45) is 0 Å². The predicted molar refractivity (Wildman–Crippen MR) is 96.2 cm³/mol. The molecule has 3 aromatic rings. The second kappa shape index (κ2) is 5.83. The molecule has 114 valence electrons. The van der Waals surface area contributed by atoms with E-state index >= 15 is 0 Å². The van der Waals surface area contributed by atoms with Gasteiger partial charge in [-0.25, -0.2) is 4.98 Å². The highest BCUT2D eigenvalue weighted by Crippen LogP contribution is 2.44. The molecule has 1 amide bonds. The molecule has 5 heteroatoms. The van der Waals surface area contributed by atoms with E-state index < -0.39 is 0 Å². The van der Waals surface area contributed by atoms with Gasteiger partial charge in [-0.3, -0.25) is 10.1 Å². The molecule has 0 atom stereocenters. The lowest BCUT2D eigenvalue weighted by molar-refractivity contribution is 0.102. The van der Waals surface area contributed by atoms with Crippen LogP contribution in [-0.4, -0.2) is 10.9 Å². The van der Waals surface area contributed by atoms with E-state index in [1.807, 2.05) is 55.1 Å². The normalized spacial score (nSPS) is 12.4.